The maximum atomic E-state index is 11.9. The van der Waals surface area contributed by atoms with Gasteiger partial charge in [-0.25, -0.2) is 9.59 Å². The zero-order valence-electron chi connectivity index (χ0n) is 12.9. The van der Waals surface area contributed by atoms with Crippen LogP contribution in [0.3, 0.4) is 0 Å². The molecular weight excluding hydrogens is 316 g/mol. The third kappa shape index (κ3) is 4.10. The van der Waals surface area contributed by atoms with Crippen LogP contribution in [0.1, 0.15) is 52.2 Å². The van der Waals surface area contributed by atoms with Gasteiger partial charge in [-0.2, -0.15) is 0 Å². The molecule has 0 saturated heterocycles. The van der Waals surface area contributed by atoms with Crippen molar-refractivity contribution in [2.45, 2.75) is 51.0 Å². The molecule has 1 saturated carbocycles. The number of carbonyl (C=O) groups is 3. The second-order valence-electron chi connectivity index (χ2n) is 5.99. The first-order valence-corrected chi connectivity index (χ1v) is 8.82. The highest BCUT2D eigenvalue weighted by Gasteiger charge is 2.21. The Morgan fingerprint density at radius 3 is 2.70 bits per heavy atom. The Hall–Kier alpha value is -1.89. The topological polar surface area (TPSA) is 84.5 Å². The fourth-order valence-electron chi connectivity index (χ4n) is 3.09. The lowest BCUT2D eigenvalue weighted by atomic mass is 10.2. The van der Waals surface area contributed by atoms with Crippen molar-refractivity contribution in [1.29, 1.82) is 0 Å². The molecule has 0 aromatic carbocycles. The molecular formula is C16H20N2O4S. The van der Waals surface area contributed by atoms with Crippen molar-refractivity contribution in [3.63, 3.8) is 0 Å². The van der Waals surface area contributed by atoms with Crippen molar-refractivity contribution < 1.29 is 19.1 Å². The fourth-order valence-corrected chi connectivity index (χ4v) is 4.23. The Balaban J connectivity index is 1.41. The highest BCUT2D eigenvalue weighted by molar-refractivity contribution is 7.14. The van der Waals surface area contributed by atoms with Crippen LogP contribution in [-0.2, 0) is 22.4 Å². The molecule has 0 atom stereocenters. The molecule has 0 radical (unpaired) electrons. The largest absolute Gasteiger partial charge is 0.451 e. The smallest absolute Gasteiger partial charge is 0.348 e. The normalized spacial score (nSPS) is 16.9. The van der Waals surface area contributed by atoms with Crippen LogP contribution in [0.25, 0.3) is 0 Å². The number of rotatable bonds is 4. The molecule has 124 valence electrons. The predicted molar refractivity (Wildman–Crippen MR) is 85.6 cm³/mol. The molecule has 7 heteroatoms. The molecule has 0 spiro atoms. The molecule has 1 fully saturated rings. The Labute approximate surface area is 138 Å². The van der Waals surface area contributed by atoms with Gasteiger partial charge in [-0.3, -0.25) is 10.1 Å². The molecule has 2 N–H and O–H groups in total. The number of thiophene rings is 1. The Kier molecular flexibility index (Phi) is 4.95. The molecule has 0 bridgehead atoms. The van der Waals surface area contributed by atoms with Crippen LogP contribution >= 0.6 is 11.3 Å². The van der Waals surface area contributed by atoms with Crippen LogP contribution in [0.15, 0.2) is 6.07 Å². The summed E-state index contributed by atoms with van der Waals surface area (Å²) in [7, 11) is 0. The minimum Gasteiger partial charge on any atom is -0.451 e. The van der Waals surface area contributed by atoms with Gasteiger partial charge in [-0.1, -0.05) is 12.8 Å². The van der Waals surface area contributed by atoms with Gasteiger partial charge in [0, 0.05) is 10.9 Å². The van der Waals surface area contributed by atoms with Gasteiger partial charge in [0.1, 0.15) is 4.88 Å². The van der Waals surface area contributed by atoms with Gasteiger partial charge in [0.25, 0.3) is 5.91 Å². The summed E-state index contributed by atoms with van der Waals surface area (Å²) in [5, 5.41) is 4.94. The van der Waals surface area contributed by atoms with E-state index in [0.717, 1.165) is 44.9 Å². The summed E-state index contributed by atoms with van der Waals surface area (Å²) in [4.78, 5) is 37.0. The van der Waals surface area contributed by atoms with Crippen molar-refractivity contribution in [2.24, 2.45) is 0 Å². The summed E-state index contributed by atoms with van der Waals surface area (Å²) in [6.45, 7) is -0.445. The summed E-state index contributed by atoms with van der Waals surface area (Å²) in [5.74, 6) is -1.12. The van der Waals surface area contributed by atoms with E-state index in [2.05, 4.69) is 10.6 Å². The van der Waals surface area contributed by atoms with Gasteiger partial charge < -0.3 is 10.1 Å². The molecule has 3 amide bonds. The van der Waals surface area contributed by atoms with Crippen molar-refractivity contribution >= 4 is 29.2 Å². The second-order valence-corrected chi connectivity index (χ2v) is 7.13. The lowest BCUT2D eigenvalue weighted by molar-refractivity contribution is -0.123. The molecule has 23 heavy (non-hydrogen) atoms. The minimum atomic E-state index is -0.613. The zero-order valence-corrected chi connectivity index (χ0v) is 13.7. The molecule has 1 heterocycles. The van der Waals surface area contributed by atoms with E-state index in [0.29, 0.717) is 4.88 Å². The van der Waals surface area contributed by atoms with E-state index in [-0.39, 0.29) is 6.04 Å². The van der Waals surface area contributed by atoms with Crippen LogP contribution < -0.4 is 10.6 Å². The van der Waals surface area contributed by atoms with Crippen LogP contribution in [-0.4, -0.2) is 30.6 Å². The molecule has 3 rings (SSSR count). The fraction of sp³-hybridized carbons (Fsp3) is 0.562. The lowest BCUT2D eigenvalue weighted by Crippen LogP contribution is -2.44. The van der Waals surface area contributed by atoms with E-state index in [1.54, 1.807) is 0 Å². The SMILES string of the molecule is O=C(COC(=O)c1cc2c(s1)CCC2)NC(=O)NC1CCCC1. The predicted octanol–water partition coefficient (Wildman–Crippen LogP) is 2.16. The number of ether oxygens (including phenoxy) is 1. The number of amides is 3. The van der Waals surface area contributed by atoms with E-state index in [4.69, 9.17) is 4.74 Å². The first-order valence-electron chi connectivity index (χ1n) is 8.01. The molecule has 1 aromatic rings. The van der Waals surface area contributed by atoms with Crippen molar-refractivity contribution in [3.05, 3.63) is 21.4 Å². The number of hydrogen-bond acceptors (Lipinski definition) is 5. The average molecular weight is 336 g/mol. The van der Waals surface area contributed by atoms with Gasteiger partial charge in [0.05, 0.1) is 0 Å². The van der Waals surface area contributed by atoms with Gasteiger partial charge in [0.15, 0.2) is 6.61 Å². The molecule has 0 aliphatic heterocycles. The Morgan fingerprint density at radius 1 is 1.17 bits per heavy atom. The number of urea groups is 1. The van der Waals surface area contributed by atoms with Crippen LogP contribution in [0.4, 0.5) is 4.79 Å². The summed E-state index contributed by atoms with van der Waals surface area (Å²) in [6, 6.07) is 1.46. The quantitative estimate of drug-likeness (QED) is 0.825. The first-order chi connectivity index (χ1) is 11.1. The highest BCUT2D eigenvalue weighted by Crippen LogP contribution is 2.30. The number of nitrogens with one attached hydrogen (secondary N) is 2. The van der Waals surface area contributed by atoms with Gasteiger partial charge in [0.2, 0.25) is 0 Å². The van der Waals surface area contributed by atoms with Gasteiger partial charge >= 0.3 is 12.0 Å². The summed E-state index contributed by atoms with van der Waals surface area (Å²) in [6.07, 6.45) is 7.23. The summed E-state index contributed by atoms with van der Waals surface area (Å²) >= 11 is 1.43. The molecule has 2 aliphatic rings. The number of fused-ring (bicyclic) bond motifs is 1. The summed E-state index contributed by atoms with van der Waals surface area (Å²) < 4.78 is 4.98. The lowest BCUT2D eigenvalue weighted by Gasteiger charge is -2.12. The number of carbonyl (C=O) groups excluding carboxylic acids is 3. The van der Waals surface area contributed by atoms with E-state index < -0.39 is 24.5 Å². The van der Waals surface area contributed by atoms with Gasteiger partial charge in [-0.15, -0.1) is 11.3 Å². The number of aryl methyl sites for hydroxylation is 2. The van der Waals surface area contributed by atoms with E-state index in [9.17, 15) is 14.4 Å². The number of imide groups is 1. The van der Waals surface area contributed by atoms with Crippen LogP contribution in [0.5, 0.6) is 0 Å². The monoisotopic (exact) mass is 336 g/mol. The molecule has 2 aliphatic carbocycles. The Bertz CT molecular complexity index is 598. The second kappa shape index (κ2) is 7.12. The highest BCUT2D eigenvalue weighted by atomic mass is 32.1. The minimum absolute atomic E-state index is 0.138. The average Bonchev–Trinajstić information content (AvgIpc) is 3.20. The Morgan fingerprint density at radius 2 is 1.96 bits per heavy atom. The van der Waals surface area contributed by atoms with Crippen LogP contribution in [0, 0.1) is 0 Å². The van der Waals surface area contributed by atoms with Crippen molar-refractivity contribution in [2.75, 3.05) is 6.61 Å². The van der Waals surface area contributed by atoms with E-state index in [1.807, 2.05) is 6.07 Å². The maximum Gasteiger partial charge on any atom is 0.348 e. The van der Waals surface area contributed by atoms with Crippen molar-refractivity contribution in [1.82, 2.24) is 10.6 Å². The first kappa shape index (κ1) is 16.0. The number of esters is 1. The zero-order chi connectivity index (χ0) is 16.2. The van der Waals surface area contributed by atoms with E-state index >= 15 is 0 Å². The van der Waals surface area contributed by atoms with Crippen molar-refractivity contribution in [3.8, 4) is 0 Å². The number of hydrogen-bond donors (Lipinski definition) is 2. The summed E-state index contributed by atoms with van der Waals surface area (Å²) in [5.41, 5.74) is 1.21. The maximum absolute atomic E-state index is 11.9. The molecule has 0 unspecified atom stereocenters. The molecule has 6 nitrogen and oxygen atoms in total. The third-order valence-corrected chi connectivity index (χ3v) is 5.44. The third-order valence-electron chi connectivity index (χ3n) is 4.23. The van der Waals surface area contributed by atoms with Crippen LogP contribution in [0.2, 0.25) is 0 Å². The standard InChI is InChI=1S/C16H20N2O4S/c19-14(18-16(21)17-11-5-1-2-6-11)9-22-15(20)13-8-10-4-3-7-12(10)23-13/h8,11H,1-7,9H2,(H2,17,18,19,21). The van der Waals surface area contributed by atoms with Gasteiger partial charge in [-0.05, 0) is 43.7 Å². The molecule has 1 aromatic heterocycles. The van der Waals surface area contributed by atoms with E-state index in [1.165, 1.54) is 21.8 Å².